The summed E-state index contributed by atoms with van der Waals surface area (Å²) in [5, 5.41) is 7.83. The summed E-state index contributed by atoms with van der Waals surface area (Å²) >= 11 is 3.49. The van der Waals surface area contributed by atoms with Gasteiger partial charge in [0.05, 0.1) is 5.01 Å². The van der Waals surface area contributed by atoms with E-state index in [1.165, 1.54) is 9.88 Å². The van der Waals surface area contributed by atoms with Crippen molar-refractivity contribution in [3.05, 3.63) is 32.2 Å². The molecule has 0 radical (unpaired) electrons. The molecule has 3 nitrogen and oxygen atoms in total. The first-order chi connectivity index (χ1) is 7.78. The van der Waals surface area contributed by atoms with Gasteiger partial charge in [-0.1, -0.05) is 6.92 Å². The number of aromatic nitrogens is 2. The Hall–Kier alpha value is -0.780. The largest absolute Gasteiger partial charge is 0.305 e. The van der Waals surface area contributed by atoms with Crippen LogP contribution < -0.4 is 5.32 Å². The van der Waals surface area contributed by atoms with Crippen LogP contribution in [0.1, 0.15) is 27.5 Å². The maximum absolute atomic E-state index is 4.41. The molecule has 0 unspecified atom stereocenters. The quantitative estimate of drug-likeness (QED) is 0.890. The lowest BCUT2D eigenvalue weighted by molar-refractivity contribution is 0.695. The van der Waals surface area contributed by atoms with Gasteiger partial charge >= 0.3 is 0 Å². The highest BCUT2D eigenvalue weighted by Gasteiger charge is 2.01. The van der Waals surface area contributed by atoms with Crippen molar-refractivity contribution in [2.45, 2.75) is 33.4 Å². The third-order valence-electron chi connectivity index (χ3n) is 2.15. The van der Waals surface area contributed by atoms with E-state index in [0.29, 0.717) is 0 Å². The Kier molecular flexibility index (Phi) is 4.04. The Morgan fingerprint density at radius 1 is 1.31 bits per heavy atom. The molecule has 0 atom stereocenters. The molecule has 0 fully saturated rings. The van der Waals surface area contributed by atoms with E-state index in [4.69, 9.17) is 0 Å². The van der Waals surface area contributed by atoms with E-state index in [1.54, 1.807) is 22.7 Å². The van der Waals surface area contributed by atoms with Crippen molar-refractivity contribution < 1.29 is 0 Å². The summed E-state index contributed by atoms with van der Waals surface area (Å²) in [5.74, 6) is 0. The van der Waals surface area contributed by atoms with E-state index < -0.39 is 0 Å². The molecule has 2 aromatic rings. The Bertz CT molecular complexity index is 448. The number of hydrogen-bond acceptors (Lipinski definition) is 5. The molecule has 0 spiro atoms. The molecule has 2 rings (SSSR count). The third-order valence-corrected chi connectivity index (χ3v) is 4.25. The first-order valence-electron chi connectivity index (χ1n) is 5.33. The van der Waals surface area contributed by atoms with E-state index in [2.05, 4.69) is 27.6 Å². The minimum Gasteiger partial charge on any atom is -0.305 e. The highest BCUT2D eigenvalue weighted by Crippen LogP contribution is 2.13. The Morgan fingerprint density at radius 3 is 2.81 bits per heavy atom. The van der Waals surface area contributed by atoms with E-state index in [-0.39, 0.29) is 0 Å². The normalized spacial score (nSPS) is 10.9. The zero-order valence-electron chi connectivity index (χ0n) is 9.49. The fraction of sp³-hybridized carbons (Fsp3) is 0.455. The van der Waals surface area contributed by atoms with E-state index in [0.717, 1.165) is 30.2 Å². The molecule has 0 aliphatic carbocycles. The van der Waals surface area contributed by atoms with Crippen LogP contribution in [0.25, 0.3) is 0 Å². The summed E-state index contributed by atoms with van der Waals surface area (Å²) in [6.45, 7) is 5.89. The monoisotopic (exact) mass is 253 g/mol. The summed E-state index contributed by atoms with van der Waals surface area (Å²) in [7, 11) is 0. The van der Waals surface area contributed by atoms with Crippen LogP contribution in [0.2, 0.25) is 0 Å². The molecule has 86 valence electrons. The lowest BCUT2D eigenvalue weighted by atomic mass is 10.5. The lowest BCUT2D eigenvalue weighted by Crippen LogP contribution is -2.11. The summed E-state index contributed by atoms with van der Waals surface area (Å²) in [6, 6.07) is 0. The van der Waals surface area contributed by atoms with Crippen molar-refractivity contribution in [2.75, 3.05) is 0 Å². The zero-order valence-corrected chi connectivity index (χ0v) is 11.1. The van der Waals surface area contributed by atoms with Gasteiger partial charge in [0.25, 0.3) is 0 Å². The number of thiazole rings is 2. The second-order valence-corrected chi connectivity index (χ2v) is 5.70. The van der Waals surface area contributed by atoms with Gasteiger partial charge in [-0.05, 0) is 13.3 Å². The van der Waals surface area contributed by atoms with Crippen LogP contribution in [-0.2, 0) is 19.5 Å². The van der Waals surface area contributed by atoms with Crippen LogP contribution in [0.3, 0.4) is 0 Å². The van der Waals surface area contributed by atoms with E-state index in [1.807, 2.05) is 13.1 Å². The molecular weight excluding hydrogens is 238 g/mol. The predicted octanol–water partition coefficient (Wildman–Crippen LogP) is 2.76. The topological polar surface area (TPSA) is 37.8 Å². The fourth-order valence-corrected chi connectivity index (χ4v) is 2.94. The molecule has 0 amide bonds. The van der Waals surface area contributed by atoms with Crippen molar-refractivity contribution in [2.24, 2.45) is 0 Å². The van der Waals surface area contributed by atoms with Gasteiger partial charge in [0.2, 0.25) is 0 Å². The molecule has 1 N–H and O–H groups in total. The van der Waals surface area contributed by atoms with Crippen molar-refractivity contribution >= 4 is 22.7 Å². The molecule has 2 aromatic heterocycles. The van der Waals surface area contributed by atoms with Crippen LogP contribution in [-0.4, -0.2) is 9.97 Å². The van der Waals surface area contributed by atoms with Crippen LogP contribution in [0.15, 0.2) is 11.6 Å². The number of nitrogens with one attached hydrogen (secondary N) is 1. The molecule has 0 aliphatic heterocycles. The molecule has 0 saturated heterocycles. The van der Waals surface area contributed by atoms with Crippen LogP contribution in [0.5, 0.6) is 0 Å². The zero-order chi connectivity index (χ0) is 11.4. The Balaban J connectivity index is 1.79. The molecular formula is C11H15N3S2. The van der Waals surface area contributed by atoms with Gasteiger partial charge in [0, 0.05) is 35.2 Å². The lowest BCUT2D eigenvalue weighted by Gasteiger charge is -1.98. The van der Waals surface area contributed by atoms with Crippen LogP contribution >= 0.6 is 22.7 Å². The third kappa shape index (κ3) is 3.10. The Labute approximate surface area is 104 Å². The maximum atomic E-state index is 4.41. The van der Waals surface area contributed by atoms with Crippen LogP contribution in [0.4, 0.5) is 0 Å². The summed E-state index contributed by atoms with van der Waals surface area (Å²) < 4.78 is 0. The van der Waals surface area contributed by atoms with Crippen molar-refractivity contribution in [3.63, 3.8) is 0 Å². The minimum atomic E-state index is 0.845. The second kappa shape index (κ2) is 5.52. The predicted molar refractivity (Wildman–Crippen MR) is 68.9 cm³/mol. The molecule has 2 heterocycles. The summed E-state index contributed by atoms with van der Waals surface area (Å²) in [6.07, 6.45) is 2.99. The number of aryl methyl sites for hydroxylation is 2. The maximum Gasteiger partial charge on any atom is 0.107 e. The van der Waals surface area contributed by atoms with Gasteiger partial charge in [0.15, 0.2) is 0 Å². The molecule has 5 heteroatoms. The first kappa shape index (κ1) is 11.7. The average molecular weight is 253 g/mol. The molecule has 0 aromatic carbocycles. The molecule has 0 aliphatic rings. The van der Waals surface area contributed by atoms with Gasteiger partial charge in [-0.2, -0.15) is 0 Å². The van der Waals surface area contributed by atoms with Crippen molar-refractivity contribution in [1.29, 1.82) is 0 Å². The highest BCUT2D eigenvalue weighted by atomic mass is 32.1. The van der Waals surface area contributed by atoms with Gasteiger partial charge in [-0.15, -0.1) is 22.7 Å². The first-order valence-corrected chi connectivity index (χ1v) is 7.03. The fourth-order valence-electron chi connectivity index (χ4n) is 1.37. The number of nitrogens with zero attached hydrogens (tertiary/aromatic N) is 2. The number of rotatable bonds is 5. The van der Waals surface area contributed by atoms with Crippen molar-refractivity contribution in [3.8, 4) is 0 Å². The standard InChI is InChI=1S/C11H15N3S2/c1-3-10-13-5-9(16-10)4-12-6-11-14-8(2)7-15-11/h5,7,12H,3-4,6H2,1-2H3. The smallest absolute Gasteiger partial charge is 0.107 e. The SMILES string of the molecule is CCc1ncc(CNCc2nc(C)cs2)s1. The van der Waals surface area contributed by atoms with Gasteiger partial charge in [-0.3, -0.25) is 0 Å². The van der Waals surface area contributed by atoms with E-state index >= 15 is 0 Å². The Morgan fingerprint density at radius 2 is 2.19 bits per heavy atom. The molecule has 0 saturated carbocycles. The summed E-state index contributed by atoms with van der Waals surface area (Å²) in [4.78, 5) is 10.0. The highest BCUT2D eigenvalue weighted by molar-refractivity contribution is 7.11. The van der Waals surface area contributed by atoms with Gasteiger partial charge < -0.3 is 5.32 Å². The average Bonchev–Trinajstić information content (AvgIpc) is 2.88. The summed E-state index contributed by atoms with van der Waals surface area (Å²) in [5.41, 5.74) is 1.10. The van der Waals surface area contributed by atoms with Gasteiger partial charge in [-0.25, -0.2) is 9.97 Å². The van der Waals surface area contributed by atoms with E-state index in [9.17, 15) is 0 Å². The second-order valence-electron chi connectivity index (χ2n) is 3.56. The van der Waals surface area contributed by atoms with Crippen LogP contribution in [0, 0.1) is 6.92 Å². The molecule has 0 bridgehead atoms. The number of hydrogen-bond donors (Lipinski definition) is 1. The van der Waals surface area contributed by atoms with Crippen molar-refractivity contribution in [1.82, 2.24) is 15.3 Å². The minimum absolute atomic E-state index is 0.845. The van der Waals surface area contributed by atoms with Gasteiger partial charge in [0.1, 0.15) is 5.01 Å². The molecule has 16 heavy (non-hydrogen) atoms.